The fourth-order valence-corrected chi connectivity index (χ4v) is 2.49. The highest BCUT2D eigenvalue weighted by atomic mass is 19.1. The molecule has 0 aliphatic rings. The standard InChI is InChI=1S/C19H23FN6O/c1-2-21-19(22-11-5-13-27-16-9-7-15(20)8-10-16)23-14-18-25-24-17-6-3-4-12-26(17)18/h3-4,6-10,12H,2,5,11,13-14H2,1H3,(H2,21,22,23). The van der Waals surface area contributed by atoms with Crippen LogP contribution in [0.25, 0.3) is 5.65 Å². The summed E-state index contributed by atoms with van der Waals surface area (Å²) in [6.45, 7) is 4.44. The van der Waals surface area contributed by atoms with E-state index in [1.807, 2.05) is 35.7 Å². The minimum Gasteiger partial charge on any atom is -0.494 e. The molecule has 3 rings (SSSR count). The van der Waals surface area contributed by atoms with Gasteiger partial charge >= 0.3 is 0 Å². The molecule has 1 aromatic carbocycles. The van der Waals surface area contributed by atoms with Crippen molar-refractivity contribution in [3.8, 4) is 5.75 Å². The molecule has 0 atom stereocenters. The number of halogens is 1. The summed E-state index contributed by atoms with van der Waals surface area (Å²) in [6.07, 6.45) is 2.71. The summed E-state index contributed by atoms with van der Waals surface area (Å²) >= 11 is 0. The Kier molecular flexibility index (Phi) is 6.56. The van der Waals surface area contributed by atoms with Gasteiger partial charge in [0.1, 0.15) is 18.1 Å². The molecule has 0 saturated carbocycles. The van der Waals surface area contributed by atoms with Crippen LogP contribution in [0.5, 0.6) is 5.75 Å². The number of benzene rings is 1. The van der Waals surface area contributed by atoms with Gasteiger partial charge in [-0.25, -0.2) is 9.38 Å². The fraction of sp³-hybridized carbons (Fsp3) is 0.316. The number of nitrogens with one attached hydrogen (secondary N) is 2. The van der Waals surface area contributed by atoms with E-state index in [0.29, 0.717) is 31.4 Å². The average Bonchev–Trinajstić information content (AvgIpc) is 3.10. The first-order valence-corrected chi connectivity index (χ1v) is 8.95. The van der Waals surface area contributed by atoms with Crippen molar-refractivity contribution < 1.29 is 9.13 Å². The van der Waals surface area contributed by atoms with Crippen LogP contribution in [0, 0.1) is 5.82 Å². The molecule has 3 aromatic rings. The second-order valence-electron chi connectivity index (χ2n) is 5.82. The average molecular weight is 370 g/mol. The van der Waals surface area contributed by atoms with Crippen molar-refractivity contribution in [1.82, 2.24) is 25.2 Å². The molecule has 2 heterocycles. The van der Waals surface area contributed by atoms with Crippen molar-refractivity contribution in [1.29, 1.82) is 0 Å². The van der Waals surface area contributed by atoms with Crippen LogP contribution in [-0.4, -0.2) is 40.3 Å². The van der Waals surface area contributed by atoms with E-state index in [-0.39, 0.29) is 5.82 Å². The normalized spacial score (nSPS) is 11.6. The topological polar surface area (TPSA) is 75.8 Å². The summed E-state index contributed by atoms with van der Waals surface area (Å²) in [5, 5.41) is 14.8. The van der Waals surface area contributed by atoms with Crippen molar-refractivity contribution in [2.45, 2.75) is 19.9 Å². The van der Waals surface area contributed by atoms with E-state index in [0.717, 1.165) is 24.4 Å². The zero-order valence-corrected chi connectivity index (χ0v) is 15.2. The van der Waals surface area contributed by atoms with Gasteiger partial charge in [0.25, 0.3) is 0 Å². The molecular formula is C19H23FN6O. The molecule has 0 amide bonds. The quantitative estimate of drug-likeness (QED) is 0.362. The number of nitrogens with zero attached hydrogens (tertiary/aromatic N) is 4. The first kappa shape index (κ1) is 18.6. The van der Waals surface area contributed by atoms with E-state index >= 15 is 0 Å². The second-order valence-corrected chi connectivity index (χ2v) is 5.82. The van der Waals surface area contributed by atoms with Crippen LogP contribution in [0.4, 0.5) is 4.39 Å². The van der Waals surface area contributed by atoms with E-state index in [4.69, 9.17) is 4.74 Å². The van der Waals surface area contributed by atoms with Crippen molar-refractivity contribution in [3.63, 3.8) is 0 Å². The van der Waals surface area contributed by atoms with Crippen molar-refractivity contribution >= 4 is 11.6 Å². The molecule has 0 saturated heterocycles. The molecule has 0 bridgehead atoms. The first-order valence-electron chi connectivity index (χ1n) is 8.95. The van der Waals surface area contributed by atoms with Crippen LogP contribution in [0.3, 0.4) is 0 Å². The lowest BCUT2D eigenvalue weighted by Crippen LogP contribution is -2.38. The van der Waals surface area contributed by atoms with Crippen molar-refractivity contribution in [2.75, 3.05) is 19.7 Å². The number of aliphatic imine (C=N–C) groups is 1. The van der Waals surface area contributed by atoms with E-state index in [1.165, 1.54) is 12.1 Å². The molecule has 7 nitrogen and oxygen atoms in total. The van der Waals surface area contributed by atoms with Gasteiger partial charge in [0.05, 0.1) is 6.61 Å². The molecule has 0 radical (unpaired) electrons. The minimum atomic E-state index is -0.268. The molecule has 2 N–H and O–H groups in total. The molecule has 2 aromatic heterocycles. The Labute approximate surface area is 157 Å². The third-order valence-electron chi connectivity index (χ3n) is 3.80. The lowest BCUT2D eigenvalue weighted by molar-refractivity contribution is 0.310. The molecule has 0 unspecified atom stereocenters. The highest BCUT2D eigenvalue weighted by Gasteiger charge is 2.04. The lowest BCUT2D eigenvalue weighted by Gasteiger charge is -2.11. The third kappa shape index (κ3) is 5.40. The van der Waals surface area contributed by atoms with Crippen LogP contribution < -0.4 is 15.4 Å². The minimum absolute atomic E-state index is 0.268. The second kappa shape index (κ2) is 9.51. The summed E-state index contributed by atoms with van der Waals surface area (Å²) in [5.74, 6) is 1.89. The van der Waals surface area contributed by atoms with Gasteiger partial charge in [-0.3, -0.25) is 4.40 Å². The summed E-state index contributed by atoms with van der Waals surface area (Å²) < 4.78 is 20.4. The van der Waals surface area contributed by atoms with Gasteiger partial charge in [0.2, 0.25) is 0 Å². The van der Waals surface area contributed by atoms with E-state index in [9.17, 15) is 4.39 Å². The molecular weight excluding hydrogens is 347 g/mol. The molecule has 0 aliphatic heterocycles. The Bertz CT molecular complexity index is 877. The zero-order valence-electron chi connectivity index (χ0n) is 15.2. The highest BCUT2D eigenvalue weighted by Crippen LogP contribution is 2.11. The Hall–Kier alpha value is -3.16. The van der Waals surface area contributed by atoms with Gasteiger partial charge in [-0.2, -0.15) is 0 Å². The van der Waals surface area contributed by atoms with Crippen LogP contribution >= 0.6 is 0 Å². The summed E-state index contributed by atoms with van der Waals surface area (Å²) in [4.78, 5) is 4.56. The number of fused-ring (bicyclic) bond motifs is 1. The number of guanidine groups is 1. The summed E-state index contributed by atoms with van der Waals surface area (Å²) in [7, 11) is 0. The van der Waals surface area contributed by atoms with Crippen LogP contribution in [-0.2, 0) is 6.54 Å². The van der Waals surface area contributed by atoms with Gasteiger partial charge < -0.3 is 15.4 Å². The van der Waals surface area contributed by atoms with Gasteiger partial charge in [-0.05, 0) is 49.7 Å². The van der Waals surface area contributed by atoms with E-state index < -0.39 is 0 Å². The maximum Gasteiger partial charge on any atom is 0.191 e. The Morgan fingerprint density at radius 2 is 2.00 bits per heavy atom. The Balaban J connectivity index is 1.46. The molecule has 142 valence electrons. The van der Waals surface area contributed by atoms with Gasteiger partial charge in [-0.1, -0.05) is 6.07 Å². The third-order valence-corrected chi connectivity index (χ3v) is 3.80. The Morgan fingerprint density at radius 3 is 2.81 bits per heavy atom. The predicted octanol–water partition coefficient (Wildman–Crippen LogP) is 2.39. The van der Waals surface area contributed by atoms with Gasteiger partial charge in [-0.15, -0.1) is 10.2 Å². The molecule has 0 fully saturated rings. The highest BCUT2D eigenvalue weighted by molar-refractivity contribution is 5.79. The van der Waals surface area contributed by atoms with Gasteiger partial charge in [0.15, 0.2) is 17.4 Å². The predicted molar refractivity (Wildman–Crippen MR) is 102 cm³/mol. The van der Waals surface area contributed by atoms with Crippen molar-refractivity contribution in [3.05, 3.63) is 60.3 Å². The van der Waals surface area contributed by atoms with Crippen LogP contribution in [0.15, 0.2) is 53.7 Å². The smallest absolute Gasteiger partial charge is 0.191 e. The van der Waals surface area contributed by atoms with E-state index in [1.54, 1.807) is 12.1 Å². The van der Waals surface area contributed by atoms with Gasteiger partial charge in [0, 0.05) is 19.3 Å². The number of hydrogen-bond acceptors (Lipinski definition) is 4. The number of aromatic nitrogens is 3. The number of rotatable bonds is 8. The van der Waals surface area contributed by atoms with Crippen molar-refractivity contribution in [2.24, 2.45) is 4.99 Å². The zero-order chi connectivity index (χ0) is 18.9. The largest absolute Gasteiger partial charge is 0.494 e. The molecule has 0 aliphatic carbocycles. The van der Waals surface area contributed by atoms with E-state index in [2.05, 4.69) is 25.8 Å². The monoisotopic (exact) mass is 370 g/mol. The molecule has 0 spiro atoms. The molecule has 8 heteroatoms. The summed E-state index contributed by atoms with van der Waals surface area (Å²) in [5.41, 5.74) is 0.804. The first-order chi connectivity index (χ1) is 13.3. The van der Waals surface area contributed by atoms with Crippen LogP contribution in [0.2, 0.25) is 0 Å². The maximum absolute atomic E-state index is 12.9. The Morgan fingerprint density at radius 1 is 1.15 bits per heavy atom. The number of ether oxygens (including phenoxy) is 1. The molecule has 27 heavy (non-hydrogen) atoms. The lowest BCUT2D eigenvalue weighted by atomic mass is 10.3. The number of hydrogen-bond donors (Lipinski definition) is 2. The van der Waals surface area contributed by atoms with Crippen LogP contribution in [0.1, 0.15) is 19.2 Å². The summed E-state index contributed by atoms with van der Waals surface area (Å²) in [6, 6.07) is 11.8. The number of pyridine rings is 1. The SMILES string of the molecule is CCNC(=NCc1nnc2ccccn12)NCCCOc1ccc(F)cc1. The maximum atomic E-state index is 12.9. The fourth-order valence-electron chi connectivity index (χ4n) is 2.49.